The van der Waals surface area contributed by atoms with E-state index >= 15 is 0 Å². The van der Waals surface area contributed by atoms with Crippen molar-refractivity contribution in [1.29, 1.82) is 0 Å². The van der Waals surface area contributed by atoms with Crippen LogP contribution in [0, 0.1) is 11.7 Å². The molecule has 4 rings (SSSR count). The number of nitrogens with zero attached hydrogens (tertiary/aromatic N) is 1. The third-order valence-corrected chi connectivity index (χ3v) is 5.26. The van der Waals surface area contributed by atoms with Gasteiger partial charge in [-0.3, -0.25) is 0 Å². The van der Waals surface area contributed by atoms with Crippen LogP contribution in [-0.2, 0) is 6.42 Å². The Bertz CT molecular complexity index is 777. The van der Waals surface area contributed by atoms with Crippen molar-refractivity contribution in [2.24, 2.45) is 11.7 Å². The van der Waals surface area contributed by atoms with Crippen LogP contribution in [0.3, 0.4) is 0 Å². The Hall–Kier alpha value is -2.40. The predicted octanol–water partition coefficient (Wildman–Crippen LogP) is 2.83. The van der Waals surface area contributed by atoms with Crippen molar-refractivity contribution < 1.29 is 9.18 Å². The largest absolute Gasteiger partial charge is 0.335 e. The zero-order valence-corrected chi connectivity index (χ0v) is 14.0. The number of hydrogen-bond acceptors (Lipinski definition) is 2. The van der Waals surface area contributed by atoms with E-state index in [9.17, 15) is 9.18 Å². The van der Waals surface area contributed by atoms with Gasteiger partial charge in [-0.15, -0.1) is 0 Å². The molecule has 2 aliphatic rings. The van der Waals surface area contributed by atoms with E-state index in [-0.39, 0.29) is 23.9 Å². The Kier molecular flexibility index (Phi) is 4.17. The summed E-state index contributed by atoms with van der Waals surface area (Å²) in [4.78, 5) is 14.7. The highest BCUT2D eigenvalue weighted by Gasteiger charge is 2.40. The number of nitrogens with one attached hydrogen (secondary N) is 1. The molecule has 1 aliphatic heterocycles. The molecule has 0 aromatic heterocycles. The minimum Gasteiger partial charge on any atom is -0.335 e. The average molecular weight is 339 g/mol. The van der Waals surface area contributed by atoms with Crippen LogP contribution in [0.15, 0.2) is 48.5 Å². The molecule has 0 radical (unpaired) electrons. The average Bonchev–Trinajstić information content (AvgIpc) is 3.39. The number of urea groups is 1. The summed E-state index contributed by atoms with van der Waals surface area (Å²) in [5, 5.41) is 3.10. The SMILES string of the molecule is NC[C@H]1C[C@H]1NC(=O)N1CCc2ccccc2[C@@H]1c1ccc(F)cc1. The second-order valence-corrected chi connectivity index (χ2v) is 6.88. The normalized spacial score (nSPS) is 24.6. The third kappa shape index (κ3) is 3.12. The molecule has 0 unspecified atom stereocenters. The molecule has 3 N–H and O–H groups in total. The quantitative estimate of drug-likeness (QED) is 0.903. The summed E-state index contributed by atoms with van der Waals surface area (Å²) in [6.45, 7) is 1.25. The van der Waals surface area contributed by atoms with Crippen molar-refractivity contribution in [2.75, 3.05) is 13.1 Å². The molecule has 1 aliphatic carbocycles. The second kappa shape index (κ2) is 6.48. The van der Waals surface area contributed by atoms with E-state index in [1.807, 2.05) is 17.0 Å². The number of benzene rings is 2. The van der Waals surface area contributed by atoms with Gasteiger partial charge >= 0.3 is 6.03 Å². The van der Waals surface area contributed by atoms with Gasteiger partial charge in [0, 0.05) is 12.6 Å². The Morgan fingerprint density at radius 1 is 1.20 bits per heavy atom. The molecule has 1 heterocycles. The fourth-order valence-electron chi connectivity index (χ4n) is 3.72. The lowest BCUT2D eigenvalue weighted by atomic mass is 9.88. The summed E-state index contributed by atoms with van der Waals surface area (Å²) in [6.07, 6.45) is 1.78. The van der Waals surface area contributed by atoms with Crippen molar-refractivity contribution in [3.8, 4) is 0 Å². The lowest BCUT2D eigenvalue weighted by molar-refractivity contribution is 0.179. The monoisotopic (exact) mass is 339 g/mol. The summed E-state index contributed by atoms with van der Waals surface area (Å²) >= 11 is 0. The van der Waals surface area contributed by atoms with Gasteiger partial charge in [-0.1, -0.05) is 36.4 Å². The maximum absolute atomic E-state index is 13.4. The topological polar surface area (TPSA) is 58.4 Å². The van der Waals surface area contributed by atoms with Gasteiger partial charge in [0.2, 0.25) is 0 Å². The standard InChI is InChI=1S/C20H22FN3O/c21-16-7-5-14(6-8-16)19-17-4-2-1-3-13(17)9-10-24(19)20(25)23-18-11-15(18)12-22/h1-8,15,18-19H,9-12,22H2,(H,23,25)/t15-,18-,19+/m1/s1. The molecular formula is C20H22FN3O. The Labute approximate surface area is 146 Å². The van der Waals surface area contributed by atoms with Crippen molar-refractivity contribution in [1.82, 2.24) is 10.2 Å². The number of carbonyl (C=O) groups is 1. The summed E-state index contributed by atoms with van der Waals surface area (Å²) in [5.74, 6) is 0.123. The number of nitrogens with two attached hydrogens (primary N) is 1. The van der Waals surface area contributed by atoms with Gasteiger partial charge in [0.1, 0.15) is 5.82 Å². The van der Waals surface area contributed by atoms with Crippen LogP contribution in [0.25, 0.3) is 0 Å². The van der Waals surface area contributed by atoms with E-state index in [0.717, 1.165) is 24.0 Å². The molecule has 1 fully saturated rings. The highest BCUT2D eigenvalue weighted by Crippen LogP contribution is 2.36. The first-order chi connectivity index (χ1) is 12.2. The molecule has 0 saturated heterocycles. The highest BCUT2D eigenvalue weighted by atomic mass is 19.1. The molecule has 2 aromatic rings. The summed E-state index contributed by atoms with van der Waals surface area (Å²) in [7, 11) is 0. The van der Waals surface area contributed by atoms with Crippen LogP contribution >= 0.6 is 0 Å². The number of halogens is 1. The first-order valence-corrected chi connectivity index (χ1v) is 8.78. The number of amides is 2. The molecule has 25 heavy (non-hydrogen) atoms. The zero-order valence-electron chi connectivity index (χ0n) is 14.0. The maximum atomic E-state index is 13.4. The van der Waals surface area contributed by atoms with Crippen LogP contribution < -0.4 is 11.1 Å². The lowest BCUT2D eigenvalue weighted by Crippen LogP contribution is -2.47. The van der Waals surface area contributed by atoms with E-state index in [2.05, 4.69) is 17.4 Å². The molecular weight excluding hydrogens is 317 g/mol. The fraction of sp³-hybridized carbons (Fsp3) is 0.350. The number of carbonyl (C=O) groups excluding carboxylic acids is 1. The number of hydrogen-bond donors (Lipinski definition) is 2. The van der Waals surface area contributed by atoms with Gasteiger partial charge < -0.3 is 16.0 Å². The highest BCUT2D eigenvalue weighted by molar-refractivity contribution is 5.76. The van der Waals surface area contributed by atoms with Gasteiger partial charge in [-0.2, -0.15) is 0 Å². The van der Waals surface area contributed by atoms with E-state index in [4.69, 9.17) is 5.73 Å². The smallest absolute Gasteiger partial charge is 0.318 e. The predicted molar refractivity (Wildman–Crippen MR) is 94.6 cm³/mol. The van der Waals surface area contributed by atoms with Crippen LogP contribution in [0.1, 0.15) is 29.2 Å². The summed E-state index contributed by atoms with van der Waals surface area (Å²) in [5.41, 5.74) is 8.95. The van der Waals surface area contributed by atoms with Crippen molar-refractivity contribution >= 4 is 6.03 Å². The minimum absolute atomic E-state index is 0.0650. The Morgan fingerprint density at radius 2 is 1.96 bits per heavy atom. The van der Waals surface area contributed by atoms with Gasteiger partial charge in [0.15, 0.2) is 0 Å². The fourth-order valence-corrected chi connectivity index (χ4v) is 3.72. The van der Waals surface area contributed by atoms with Crippen LogP contribution in [-0.4, -0.2) is 30.1 Å². The van der Waals surface area contributed by atoms with E-state index in [1.165, 1.54) is 17.7 Å². The van der Waals surface area contributed by atoms with Crippen LogP contribution in [0.5, 0.6) is 0 Å². The van der Waals surface area contributed by atoms with Crippen molar-refractivity contribution in [3.63, 3.8) is 0 Å². The van der Waals surface area contributed by atoms with Crippen LogP contribution in [0.2, 0.25) is 0 Å². The maximum Gasteiger partial charge on any atom is 0.318 e. The molecule has 0 bridgehead atoms. The molecule has 3 atom stereocenters. The van der Waals surface area contributed by atoms with Gasteiger partial charge in [-0.25, -0.2) is 9.18 Å². The Morgan fingerprint density at radius 3 is 2.68 bits per heavy atom. The number of fused-ring (bicyclic) bond motifs is 1. The summed E-state index contributed by atoms with van der Waals surface area (Å²) in [6, 6.07) is 14.5. The lowest BCUT2D eigenvalue weighted by Gasteiger charge is -2.37. The zero-order chi connectivity index (χ0) is 17.4. The van der Waals surface area contributed by atoms with Crippen molar-refractivity contribution in [2.45, 2.75) is 24.9 Å². The van der Waals surface area contributed by atoms with Crippen LogP contribution in [0.4, 0.5) is 9.18 Å². The summed E-state index contributed by atoms with van der Waals surface area (Å²) < 4.78 is 13.4. The first kappa shape index (κ1) is 16.1. The second-order valence-electron chi connectivity index (χ2n) is 6.88. The van der Waals surface area contributed by atoms with Gasteiger partial charge in [0.25, 0.3) is 0 Å². The van der Waals surface area contributed by atoms with Gasteiger partial charge in [-0.05, 0) is 54.1 Å². The first-order valence-electron chi connectivity index (χ1n) is 8.78. The van der Waals surface area contributed by atoms with Crippen molar-refractivity contribution in [3.05, 3.63) is 71.0 Å². The molecule has 0 spiro atoms. The van der Waals surface area contributed by atoms with E-state index in [0.29, 0.717) is 19.0 Å². The third-order valence-electron chi connectivity index (χ3n) is 5.26. The molecule has 130 valence electrons. The molecule has 4 nitrogen and oxygen atoms in total. The molecule has 5 heteroatoms. The van der Waals surface area contributed by atoms with E-state index < -0.39 is 0 Å². The number of rotatable bonds is 3. The molecule has 2 aromatic carbocycles. The van der Waals surface area contributed by atoms with E-state index in [1.54, 1.807) is 12.1 Å². The minimum atomic E-state index is -0.271. The Balaban J connectivity index is 1.65. The molecule has 1 saturated carbocycles. The molecule has 2 amide bonds. The van der Waals surface area contributed by atoms with Gasteiger partial charge in [0.05, 0.1) is 6.04 Å².